The van der Waals surface area contributed by atoms with E-state index >= 15 is 0 Å². The number of para-hydroxylation sites is 1. The fourth-order valence-corrected chi connectivity index (χ4v) is 2.23. The Morgan fingerprint density at radius 3 is 2.95 bits per heavy atom. The normalized spacial score (nSPS) is 11.0. The Morgan fingerprint density at radius 1 is 1.48 bits per heavy atom. The van der Waals surface area contributed by atoms with Crippen LogP contribution in [-0.2, 0) is 13.6 Å². The third kappa shape index (κ3) is 2.29. The van der Waals surface area contributed by atoms with Gasteiger partial charge in [0.1, 0.15) is 5.82 Å². The molecule has 0 spiro atoms. The molecule has 21 heavy (non-hydrogen) atoms. The van der Waals surface area contributed by atoms with E-state index in [4.69, 9.17) is 4.42 Å². The van der Waals surface area contributed by atoms with E-state index in [1.807, 2.05) is 11.6 Å². The molecule has 3 rings (SSSR count). The lowest BCUT2D eigenvalue weighted by molar-refractivity contribution is 0.0923. The summed E-state index contributed by atoms with van der Waals surface area (Å²) in [4.78, 5) is 16.3. The molecule has 2 aromatic heterocycles. The van der Waals surface area contributed by atoms with E-state index in [9.17, 15) is 9.18 Å². The third-order valence-corrected chi connectivity index (χ3v) is 3.45. The zero-order chi connectivity index (χ0) is 15.0. The van der Waals surface area contributed by atoms with Crippen molar-refractivity contribution < 1.29 is 13.6 Å². The van der Waals surface area contributed by atoms with Gasteiger partial charge in [0.2, 0.25) is 0 Å². The molecule has 1 amide bonds. The summed E-state index contributed by atoms with van der Waals surface area (Å²) in [7, 11) is 1.84. The molecule has 5 nitrogen and oxygen atoms in total. The molecule has 0 aliphatic heterocycles. The highest BCUT2D eigenvalue weighted by atomic mass is 19.1. The van der Waals surface area contributed by atoms with Gasteiger partial charge in [-0.15, -0.1) is 0 Å². The van der Waals surface area contributed by atoms with Crippen molar-refractivity contribution in [1.82, 2.24) is 14.9 Å². The van der Waals surface area contributed by atoms with Gasteiger partial charge >= 0.3 is 0 Å². The van der Waals surface area contributed by atoms with E-state index in [-0.39, 0.29) is 23.8 Å². The largest absolute Gasteiger partial charge is 0.448 e. The van der Waals surface area contributed by atoms with Crippen LogP contribution in [0.2, 0.25) is 0 Å². The average Bonchev–Trinajstić information content (AvgIpc) is 3.02. The highest BCUT2D eigenvalue weighted by Gasteiger charge is 2.19. The van der Waals surface area contributed by atoms with Gasteiger partial charge in [0, 0.05) is 30.4 Å². The summed E-state index contributed by atoms with van der Waals surface area (Å²) in [5.41, 5.74) is 0.735. The minimum Gasteiger partial charge on any atom is -0.448 e. The first-order valence-corrected chi connectivity index (χ1v) is 6.50. The number of amides is 1. The predicted molar refractivity (Wildman–Crippen MR) is 75.3 cm³/mol. The van der Waals surface area contributed by atoms with Gasteiger partial charge in [-0.3, -0.25) is 4.79 Å². The lowest BCUT2D eigenvalue weighted by Gasteiger charge is -2.04. The maximum atomic E-state index is 13.7. The summed E-state index contributed by atoms with van der Waals surface area (Å²) in [6, 6.07) is 4.63. The summed E-state index contributed by atoms with van der Waals surface area (Å²) >= 11 is 0. The van der Waals surface area contributed by atoms with Crippen molar-refractivity contribution in [3.05, 3.63) is 53.6 Å². The van der Waals surface area contributed by atoms with Gasteiger partial charge in [0.05, 0.1) is 6.54 Å². The minimum atomic E-state index is -0.473. The van der Waals surface area contributed by atoms with E-state index in [0.717, 1.165) is 5.82 Å². The van der Waals surface area contributed by atoms with Gasteiger partial charge in [0.25, 0.3) is 5.91 Å². The number of fused-ring (bicyclic) bond motifs is 1. The molecular weight excluding hydrogens is 273 g/mol. The quantitative estimate of drug-likeness (QED) is 0.805. The molecule has 0 atom stereocenters. The van der Waals surface area contributed by atoms with Crippen LogP contribution in [0, 0.1) is 12.7 Å². The summed E-state index contributed by atoms with van der Waals surface area (Å²) in [5.74, 6) is -0.00236. The lowest BCUT2D eigenvalue weighted by atomic mass is 10.1. The first kappa shape index (κ1) is 13.4. The summed E-state index contributed by atoms with van der Waals surface area (Å²) < 4.78 is 20.9. The maximum absolute atomic E-state index is 13.7. The predicted octanol–water partition coefficient (Wildman–Crippen LogP) is 2.54. The van der Waals surface area contributed by atoms with Crippen molar-refractivity contribution >= 4 is 16.9 Å². The molecule has 0 bridgehead atoms. The van der Waals surface area contributed by atoms with Crippen molar-refractivity contribution in [3.63, 3.8) is 0 Å². The van der Waals surface area contributed by atoms with Crippen LogP contribution < -0.4 is 5.32 Å². The summed E-state index contributed by atoms with van der Waals surface area (Å²) in [6.45, 7) is 2.02. The summed E-state index contributed by atoms with van der Waals surface area (Å²) in [6.07, 6.45) is 3.45. The lowest BCUT2D eigenvalue weighted by Crippen LogP contribution is -2.24. The second kappa shape index (κ2) is 5.05. The molecule has 0 unspecified atom stereocenters. The fourth-order valence-electron chi connectivity index (χ4n) is 2.23. The molecule has 0 saturated heterocycles. The van der Waals surface area contributed by atoms with Gasteiger partial charge in [-0.05, 0) is 13.0 Å². The first-order valence-electron chi connectivity index (χ1n) is 6.50. The number of aromatic nitrogens is 2. The Bertz CT molecular complexity index is 820. The van der Waals surface area contributed by atoms with Crippen LogP contribution >= 0.6 is 0 Å². The maximum Gasteiger partial charge on any atom is 0.287 e. The number of nitrogens with one attached hydrogen (secondary N) is 1. The molecule has 0 aliphatic carbocycles. The Kier molecular flexibility index (Phi) is 3.21. The molecule has 1 N–H and O–H groups in total. The second-order valence-electron chi connectivity index (χ2n) is 4.81. The fraction of sp³-hybridized carbons (Fsp3) is 0.200. The molecule has 0 fully saturated rings. The van der Waals surface area contributed by atoms with Crippen LogP contribution in [0.5, 0.6) is 0 Å². The molecule has 0 aliphatic rings. The van der Waals surface area contributed by atoms with Crippen LogP contribution in [0.15, 0.2) is 35.0 Å². The van der Waals surface area contributed by atoms with Crippen molar-refractivity contribution in [1.29, 1.82) is 0 Å². The monoisotopic (exact) mass is 287 g/mol. The molecule has 0 saturated carbocycles. The smallest absolute Gasteiger partial charge is 0.287 e. The third-order valence-electron chi connectivity index (χ3n) is 3.45. The molecule has 1 aromatic carbocycles. The standard InChI is InChI=1S/C15H14FN3O2/c1-9-10-4-3-5-11(16)14(10)21-13(9)15(20)18-8-12-17-6-7-19(12)2/h3-7H,8H2,1-2H3,(H,18,20). The highest BCUT2D eigenvalue weighted by Crippen LogP contribution is 2.27. The Labute approximate surface area is 120 Å². The van der Waals surface area contributed by atoms with Gasteiger partial charge in [-0.2, -0.15) is 0 Å². The van der Waals surface area contributed by atoms with Crippen molar-refractivity contribution in [3.8, 4) is 0 Å². The van der Waals surface area contributed by atoms with E-state index in [1.54, 1.807) is 31.5 Å². The van der Waals surface area contributed by atoms with Crippen LogP contribution in [0.4, 0.5) is 4.39 Å². The zero-order valence-electron chi connectivity index (χ0n) is 11.7. The van der Waals surface area contributed by atoms with Gasteiger partial charge in [-0.25, -0.2) is 9.37 Å². The van der Waals surface area contributed by atoms with E-state index in [0.29, 0.717) is 10.9 Å². The molecule has 6 heteroatoms. The van der Waals surface area contributed by atoms with E-state index in [2.05, 4.69) is 10.3 Å². The number of aryl methyl sites for hydroxylation is 2. The number of imidazole rings is 1. The zero-order valence-corrected chi connectivity index (χ0v) is 11.7. The highest BCUT2D eigenvalue weighted by molar-refractivity contribution is 5.98. The number of carbonyl (C=O) groups is 1. The number of hydrogen-bond acceptors (Lipinski definition) is 3. The van der Waals surface area contributed by atoms with Crippen LogP contribution in [0.1, 0.15) is 21.9 Å². The average molecular weight is 287 g/mol. The van der Waals surface area contributed by atoms with Crippen LogP contribution in [0.25, 0.3) is 11.0 Å². The number of carbonyl (C=O) groups excluding carboxylic acids is 1. The number of furan rings is 1. The van der Waals surface area contributed by atoms with Gasteiger partial charge in [0.15, 0.2) is 17.2 Å². The van der Waals surface area contributed by atoms with Crippen molar-refractivity contribution in [2.24, 2.45) is 7.05 Å². The van der Waals surface area contributed by atoms with E-state index < -0.39 is 5.82 Å². The minimum absolute atomic E-state index is 0.108. The molecular formula is C15H14FN3O2. The van der Waals surface area contributed by atoms with Crippen LogP contribution in [-0.4, -0.2) is 15.5 Å². The SMILES string of the molecule is Cc1c(C(=O)NCc2nccn2C)oc2c(F)cccc12. The van der Waals surface area contributed by atoms with Crippen LogP contribution in [0.3, 0.4) is 0 Å². The first-order chi connectivity index (χ1) is 10.1. The molecule has 108 valence electrons. The number of rotatable bonds is 3. The topological polar surface area (TPSA) is 60.1 Å². The van der Waals surface area contributed by atoms with Gasteiger partial charge in [-0.1, -0.05) is 12.1 Å². The Hall–Kier alpha value is -2.63. The number of benzene rings is 1. The number of halogens is 1. The number of nitrogens with zero attached hydrogens (tertiary/aromatic N) is 2. The second-order valence-corrected chi connectivity index (χ2v) is 4.81. The molecule has 0 radical (unpaired) electrons. The summed E-state index contributed by atoms with van der Waals surface area (Å²) in [5, 5.41) is 3.33. The number of hydrogen-bond donors (Lipinski definition) is 1. The van der Waals surface area contributed by atoms with Gasteiger partial charge < -0.3 is 14.3 Å². The molecule has 2 heterocycles. The van der Waals surface area contributed by atoms with Crippen molar-refractivity contribution in [2.75, 3.05) is 0 Å². The van der Waals surface area contributed by atoms with E-state index in [1.165, 1.54) is 6.07 Å². The Balaban J connectivity index is 1.86. The van der Waals surface area contributed by atoms with Crippen molar-refractivity contribution in [2.45, 2.75) is 13.5 Å². The molecule has 3 aromatic rings. The Morgan fingerprint density at radius 2 is 2.29 bits per heavy atom.